The van der Waals surface area contributed by atoms with Crippen molar-refractivity contribution in [2.45, 2.75) is 50.1 Å². The first kappa shape index (κ1) is 22.5. The average Bonchev–Trinajstić information content (AvgIpc) is 3.80. The van der Waals surface area contributed by atoms with Crippen LogP contribution in [-0.2, 0) is 10.3 Å². The smallest absolute Gasteiger partial charge is 0.307 e. The van der Waals surface area contributed by atoms with Crippen molar-refractivity contribution in [3.63, 3.8) is 0 Å². The number of allylic oxidation sites excluding steroid dienone is 4. The normalized spacial score (nSPS) is 24.9. The number of rotatable bonds is 6. The second-order valence-corrected chi connectivity index (χ2v) is 10.4. The molecule has 0 aliphatic heterocycles. The van der Waals surface area contributed by atoms with E-state index in [1.807, 2.05) is 34.9 Å². The Kier molecular flexibility index (Phi) is 5.18. The fourth-order valence-corrected chi connectivity index (χ4v) is 5.22. The van der Waals surface area contributed by atoms with Crippen molar-refractivity contribution in [1.29, 1.82) is 0 Å². The van der Waals surface area contributed by atoms with Crippen LogP contribution in [-0.4, -0.2) is 32.6 Å². The van der Waals surface area contributed by atoms with E-state index < -0.39 is 11.5 Å². The molecule has 0 spiro atoms. The minimum atomic E-state index is -0.730. The molecular formula is C29H27N3O4. The number of amides is 1. The predicted molar refractivity (Wildman–Crippen MR) is 137 cm³/mol. The average molecular weight is 482 g/mol. The summed E-state index contributed by atoms with van der Waals surface area (Å²) >= 11 is 0. The molecule has 1 unspecified atom stereocenters. The van der Waals surface area contributed by atoms with E-state index in [0.29, 0.717) is 23.9 Å². The Bertz CT molecular complexity index is 1510. The van der Waals surface area contributed by atoms with Gasteiger partial charge in [-0.25, -0.2) is 4.98 Å². The summed E-state index contributed by atoms with van der Waals surface area (Å²) in [6.45, 7) is 2.08. The first-order chi connectivity index (χ1) is 17.3. The van der Waals surface area contributed by atoms with E-state index in [2.05, 4.69) is 29.4 Å². The van der Waals surface area contributed by atoms with Gasteiger partial charge in [-0.2, -0.15) is 0 Å². The first-order valence-electron chi connectivity index (χ1n) is 12.4. The third-order valence-corrected chi connectivity index (χ3v) is 7.59. The van der Waals surface area contributed by atoms with Gasteiger partial charge in [0.2, 0.25) is 5.43 Å². The van der Waals surface area contributed by atoms with Crippen molar-refractivity contribution in [3.05, 3.63) is 93.9 Å². The number of hydrogen-bond acceptors (Lipinski definition) is 4. The molecule has 3 atom stereocenters. The van der Waals surface area contributed by atoms with Crippen LogP contribution in [0.15, 0.2) is 71.8 Å². The van der Waals surface area contributed by atoms with Gasteiger partial charge in [-0.05, 0) is 67.4 Å². The maximum atomic E-state index is 13.2. The van der Waals surface area contributed by atoms with Crippen molar-refractivity contribution < 1.29 is 14.7 Å². The standard InChI is InChI=1S/C29H27N3O4/c1-29(12-2-4-19(15-29)17-6-8-18(9-7-17)22-14-23(22)28(35)36)32-16-24(27(34)31-20-10-11-20)25(33)21-5-3-13-30-26(21)32/h2-9,12-13,16,20,22-23H,10-11,14-15H2,1H3,(H,31,34)(H,35,36)/t22-,23+,29?/m0/s1. The molecule has 1 amide bonds. The molecule has 3 aliphatic rings. The summed E-state index contributed by atoms with van der Waals surface area (Å²) in [6.07, 6.45) is 12.7. The van der Waals surface area contributed by atoms with Crippen LogP contribution < -0.4 is 10.7 Å². The van der Waals surface area contributed by atoms with Crippen molar-refractivity contribution in [2.75, 3.05) is 0 Å². The van der Waals surface area contributed by atoms with Gasteiger partial charge in [0, 0.05) is 18.4 Å². The number of hydrogen-bond donors (Lipinski definition) is 2. The number of nitrogens with one attached hydrogen (secondary N) is 1. The van der Waals surface area contributed by atoms with Crippen LogP contribution in [0.1, 0.15) is 60.0 Å². The molecule has 7 nitrogen and oxygen atoms in total. The Hall–Kier alpha value is -4.00. The second-order valence-electron chi connectivity index (χ2n) is 10.4. The molecule has 7 heteroatoms. The highest BCUT2D eigenvalue weighted by atomic mass is 16.4. The van der Waals surface area contributed by atoms with Crippen LogP contribution >= 0.6 is 0 Å². The molecule has 2 saturated carbocycles. The lowest BCUT2D eigenvalue weighted by Crippen LogP contribution is -2.36. The summed E-state index contributed by atoms with van der Waals surface area (Å²) in [7, 11) is 0. The highest BCUT2D eigenvalue weighted by Crippen LogP contribution is 2.48. The van der Waals surface area contributed by atoms with E-state index in [1.165, 1.54) is 0 Å². The zero-order valence-electron chi connectivity index (χ0n) is 20.0. The van der Waals surface area contributed by atoms with Crippen LogP contribution in [0.2, 0.25) is 0 Å². The SMILES string of the molecule is CC1(n2cc(C(=O)NC3CC3)c(=O)c3cccnc32)C=CC=C(c2ccc([C@@H]3C[C@H]3C(=O)O)cc2)C1. The van der Waals surface area contributed by atoms with Gasteiger partial charge >= 0.3 is 5.97 Å². The molecule has 0 saturated heterocycles. The first-order valence-corrected chi connectivity index (χ1v) is 12.4. The zero-order valence-corrected chi connectivity index (χ0v) is 20.0. The van der Waals surface area contributed by atoms with Crippen LogP contribution in [0.4, 0.5) is 0 Å². The van der Waals surface area contributed by atoms with Gasteiger partial charge in [0.25, 0.3) is 5.91 Å². The van der Waals surface area contributed by atoms with Gasteiger partial charge in [-0.3, -0.25) is 14.4 Å². The third-order valence-electron chi connectivity index (χ3n) is 7.59. The maximum Gasteiger partial charge on any atom is 0.307 e. The highest BCUT2D eigenvalue weighted by Gasteiger charge is 2.44. The van der Waals surface area contributed by atoms with Crippen LogP contribution in [0.5, 0.6) is 0 Å². The second kappa shape index (κ2) is 8.29. The van der Waals surface area contributed by atoms with E-state index in [9.17, 15) is 19.5 Å². The van der Waals surface area contributed by atoms with Gasteiger partial charge in [-0.1, -0.05) is 42.5 Å². The molecule has 2 fully saturated rings. The molecule has 2 aromatic heterocycles. The van der Waals surface area contributed by atoms with E-state index in [-0.39, 0.29) is 34.8 Å². The quantitative estimate of drug-likeness (QED) is 0.549. The van der Waals surface area contributed by atoms with Crippen molar-refractivity contribution >= 4 is 28.5 Å². The van der Waals surface area contributed by atoms with Crippen molar-refractivity contribution in [2.24, 2.45) is 5.92 Å². The minimum Gasteiger partial charge on any atom is -0.481 e. The molecule has 36 heavy (non-hydrogen) atoms. The summed E-state index contributed by atoms with van der Waals surface area (Å²) in [5.74, 6) is -1.24. The number of carboxylic acids is 1. The van der Waals surface area contributed by atoms with Gasteiger partial charge in [0.15, 0.2) is 0 Å². The Morgan fingerprint density at radius 3 is 2.64 bits per heavy atom. The molecule has 0 radical (unpaired) electrons. The molecule has 2 N–H and O–H groups in total. The Morgan fingerprint density at radius 2 is 1.94 bits per heavy atom. The fraction of sp³-hybridized carbons (Fsp3) is 0.310. The molecule has 6 rings (SSSR count). The molecule has 3 aliphatic carbocycles. The van der Waals surface area contributed by atoms with Gasteiger partial charge in [0.05, 0.1) is 16.8 Å². The summed E-state index contributed by atoms with van der Waals surface area (Å²) < 4.78 is 1.95. The number of carbonyl (C=O) groups excluding carboxylic acids is 1. The van der Waals surface area contributed by atoms with Crippen molar-refractivity contribution in [1.82, 2.24) is 14.9 Å². The summed E-state index contributed by atoms with van der Waals surface area (Å²) in [6, 6.07) is 11.7. The van der Waals surface area contributed by atoms with Crippen LogP contribution in [0.25, 0.3) is 16.6 Å². The Labute approximate surface area is 208 Å². The van der Waals surface area contributed by atoms with Gasteiger partial charge < -0.3 is 15.0 Å². The topological polar surface area (TPSA) is 101 Å². The number of pyridine rings is 2. The number of carboxylic acid groups (broad SMARTS) is 1. The predicted octanol–water partition coefficient (Wildman–Crippen LogP) is 4.24. The Morgan fingerprint density at radius 1 is 1.17 bits per heavy atom. The molecule has 182 valence electrons. The summed E-state index contributed by atoms with van der Waals surface area (Å²) in [5, 5.41) is 12.6. The molecule has 1 aromatic carbocycles. The van der Waals surface area contributed by atoms with Gasteiger partial charge in [0.1, 0.15) is 11.2 Å². The monoisotopic (exact) mass is 481 g/mol. The lowest BCUT2D eigenvalue weighted by molar-refractivity contribution is -0.138. The minimum absolute atomic E-state index is 0.0980. The van der Waals surface area contributed by atoms with Crippen LogP contribution in [0.3, 0.4) is 0 Å². The van der Waals surface area contributed by atoms with E-state index in [0.717, 1.165) is 29.5 Å². The van der Waals surface area contributed by atoms with E-state index in [1.54, 1.807) is 24.5 Å². The third kappa shape index (κ3) is 3.94. The van der Waals surface area contributed by atoms with Crippen LogP contribution in [0, 0.1) is 5.92 Å². The number of nitrogens with zero attached hydrogens (tertiary/aromatic N) is 2. The maximum absolute atomic E-state index is 13.2. The van der Waals surface area contributed by atoms with E-state index in [4.69, 9.17) is 0 Å². The lowest BCUT2D eigenvalue weighted by atomic mass is 9.84. The van der Waals surface area contributed by atoms with E-state index >= 15 is 0 Å². The van der Waals surface area contributed by atoms with Gasteiger partial charge in [-0.15, -0.1) is 0 Å². The number of carbonyl (C=O) groups is 2. The molecule has 2 heterocycles. The number of benzene rings is 1. The molecule has 0 bridgehead atoms. The number of aromatic nitrogens is 2. The lowest BCUT2D eigenvalue weighted by Gasteiger charge is -2.34. The summed E-state index contributed by atoms with van der Waals surface area (Å²) in [4.78, 5) is 41.9. The highest BCUT2D eigenvalue weighted by molar-refractivity contribution is 5.97. The number of fused-ring (bicyclic) bond motifs is 1. The number of aliphatic carboxylic acids is 1. The summed E-state index contributed by atoms with van der Waals surface area (Å²) in [5.41, 5.74) is 3.06. The molecular weight excluding hydrogens is 454 g/mol. The Balaban J connectivity index is 1.34. The van der Waals surface area contributed by atoms with Crippen molar-refractivity contribution in [3.8, 4) is 0 Å². The largest absolute Gasteiger partial charge is 0.481 e. The zero-order chi connectivity index (χ0) is 25.0. The fourth-order valence-electron chi connectivity index (χ4n) is 5.22. The molecule has 3 aromatic rings.